The van der Waals surface area contributed by atoms with Gasteiger partial charge < -0.3 is 15.7 Å². The lowest BCUT2D eigenvalue weighted by Gasteiger charge is -2.41. The predicted octanol–water partition coefficient (Wildman–Crippen LogP) is 2.80. The highest BCUT2D eigenvalue weighted by atomic mass is 16.3. The molecule has 3 unspecified atom stereocenters. The number of nitrogens with zero attached hydrogens (tertiary/aromatic N) is 1. The number of hydrogen-bond acceptors (Lipinski definition) is 3. The molecule has 1 saturated heterocycles. The van der Waals surface area contributed by atoms with Gasteiger partial charge in [0.15, 0.2) is 0 Å². The molecule has 3 atom stereocenters. The molecule has 0 radical (unpaired) electrons. The van der Waals surface area contributed by atoms with Crippen molar-refractivity contribution in [3.05, 3.63) is 12.7 Å². The maximum absolute atomic E-state index is 12.1. The Hall–Kier alpha value is -1.07. The van der Waals surface area contributed by atoms with E-state index in [1.54, 1.807) is 0 Å². The molecule has 1 heterocycles. The van der Waals surface area contributed by atoms with Gasteiger partial charge in [-0.05, 0) is 51.9 Å². The Labute approximate surface area is 146 Å². The van der Waals surface area contributed by atoms with E-state index >= 15 is 0 Å². The summed E-state index contributed by atoms with van der Waals surface area (Å²) < 4.78 is 0. The number of hydrogen-bond donors (Lipinski definition) is 3. The number of unbranched alkanes of at least 4 members (excludes halogenated alkanes) is 1. The second kappa shape index (κ2) is 10.0. The van der Waals surface area contributed by atoms with Gasteiger partial charge in [0.05, 0.1) is 6.10 Å². The number of amides is 2. The standard InChI is InChI=1S/C19H35N3O2/c1-3-4-5-8-15(2)20-19(24)21-16-11-13-22(14-12-16)17-9-6-7-10-18(17)23/h3,15-18,23H,1,4-14H2,2H3,(H2,20,21,24). The normalized spacial score (nSPS) is 27.4. The third-order valence-electron chi connectivity index (χ3n) is 5.45. The van der Waals surface area contributed by atoms with Crippen LogP contribution in [-0.2, 0) is 0 Å². The number of piperidine rings is 1. The smallest absolute Gasteiger partial charge is 0.315 e. The van der Waals surface area contributed by atoms with Gasteiger partial charge in [0.1, 0.15) is 0 Å². The van der Waals surface area contributed by atoms with Crippen LogP contribution in [0.4, 0.5) is 4.79 Å². The molecule has 5 heteroatoms. The Morgan fingerprint density at radius 2 is 2.00 bits per heavy atom. The van der Waals surface area contributed by atoms with Gasteiger partial charge in [-0.3, -0.25) is 4.90 Å². The van der Waals surface area contributed by atoms with E-state index < -0.39 is 0 Å². The minimum atomic E-state index is -0.164. The van der Waals surface area contributed by atoms with Gasteiger partial charge in [0.2, 0.25) is 0 Å². The van der Waals surface area contributed by atoms with Crippen molar-refractivity contribution in [2.75, 3.05) is 13.1 Å². The molecule has 0 aromatic carbocycles. The fourth-order valence-corrected chi connectivity index (χ4v) is 3.98. The van der Waals surface area contributed by atoms with Crippen LogP contribution in [-0.4, -0.2) is 53.4 Å². The molecule has 0 bridgehead atoms. The molecule has 2 rings (SSSR count). The first-order valence-electron chi connectivity index (χ1n) is 9.70. The first-order valence-corrected chi connectivity index (χ1v) is 9.70. The number of urea groups is 1. The molecular formula is C19H35N3O2. The number of aliphatic hydroxyl groups is 1. The molecule has 0 spiro atoms. The van der Waals surface area contributed by atoms with E-state index in [2.05, 4.69) is 29.0 Å². The lowest BCUT2D eigenvalue weighted by molar-refractivity contribution is 0.00775. The van der Waals surface area contributed by atoms with Crippen LogP contribution >= 0.6 is 0 Å². The maximum Gasteiger partial charge on any atom is 0.315 e. The van der Waals surface area contributed by atoms with Crippen molar-refractivity contribution in [1.82, 2.24) is 15.5 Å². The lowest BCUT2D eigenvalue weighted by Crippen LogP contribution is -2.53. The summed E-state index contributed by atoms with van der Waals surface area (Å²) >= 11 is 0. The van der Waals surface area contributed by atoms with Gasteiger partial charge in [-0.1, -0.05) is 18.9 Å². The molecular weight excluding hydrogens is 302 g/mol. The molecule has 1 aliphatic carbocycles. The largest absolute Gasteiger partial charge is 0.391 e. The van der Waals surface area contributed by atoms with E-state index in [0.29, 0.717) is 6.04 Å². The number of rotatable bonds is 7. The van der Waals surface area contributed by atoms with Gasteiger partial charge in [-0.15, -0.1) is 6.58 Å². The predicted molar refractivity (Wildman–Crippen MR) is 98.0 cm³/mol. The van der Waals surface area contributed by atoms with Crippen molar-refractivity contribution in [3.8, 4) is 0 Å². The fourth-order valence-electron chi connectivity index (χ4n) is 3.98. The van der Waals surface area contributed by atoms with Gasteiger partial charge in [-0.25, -0.2) is 4.79 Å². The molecule has 2 aliphatic rings. The molecule has 0 aromatic rings. The lowest BCUT2D eigenvalue weighted by atomic mass is 9.89. The summed E-state index contributed by atoms with van der Waals surface area (Å²) in [4.78, 5) is 14.5. The van der Waals surface area contributed by atoms with Crippen molar-refractivity contribution in [3.63, 3.8) is 0 Å². The monoisotopic (exact) mass is 337 g/mol. The minimum absolute atomic E-state index is 0.0442. The van der Waals surface area contributed by atoms with Gasteiger partial charge in [-0.2, -0.15) is 0 Å². The van der Waals surface area contributed by atoms with E-state index in [0.717, 1.165) is 64.5 Å². The highest BCUT2D eigenvalue weighted by Gasteiger charge is 2.31. The highest BCUT2D eigenvalue weighted by Crippen LogP contribution is 2.25. The van der Waals surface area contributed by atoms with E-state index in [-0.39, 0.29) is 24.2 Å². The molecule has 5 nitrogen and oxygen atoms in total. The molecule has 3 N–H and O–H groups in total. The van der Waals surface area contributed by atoms with Crippen LogP contribution < -0.4 is 10.6 Å². The van der Waals surface area contributed by atoms with Crippen molar-refractivity contribution in [1.29, 1.82) is 0 Å². The molecule has 1 aliphatic heterocycles. The second-order valence-corrected chi connectivity index (χ2v) is 7.47. The molecule has 0 aromatic heterocycles. The van der Waals surface area contributed by atoms with Crippen LogP contribution in [0.5, 0.6) is 0 Å². The Morgan fingerprint density at radius 1 is 1.29 bits per heavy atom. The number of nitrogens with one attached hydrogen (secondary N) is 2. The van der Waals surface area contributed by atoms with Gasteiger partial charge in [0.25, 0.3) is 0 Å². The zero-order valence-corrected chi connectivity index (χ0v) is 15.2. The number of allylic oxidation sites excluding steroid dienone is 1. The first-order chi connectivity index (χ1) is 11.6. The van der Waals surface area contributed by atoms with E-state index in [1.807, 2.05) is 6.08 Å². The average Bonchev–Trinajstić information content (AvgIpc) is 2.56. The van der Waals surface area contributed by atoms with Crippen molar-refractivity contribution in [2.45, 2.75) is 88.9 Å². The first kappa shape index (κ1) is 19.3. The van der Waals surface area contributed by atoms with E-state index in [1.165, 1.54) is 6.42 Å². The van der Waals surface area contributed by atoms with Crippen LogP contribution in [0.3, 0.4) is 0 Å². The van der Waals surface area contributed by atoms with Crippen molar-refractivity contribution in [2.24, 2.45) is 0 Å². The number of likely N-dealkylation sites (tertiary alicyclic amines) is 1. The maximum atomic E-state index is 12.1. The number of carbonyl (C=O) groups is 1. The molecule has 138 valence electrons. The quantitative estimate of drug-likeness (QED) is 0.494. The van der Waals surface area contributed by atoms with Crippen LogP contribution in [0, 0.1) is 0 Å². The number of aliphatic hydroxyl groups excluding tert-OH is 1. The van der Waals surface area contributed by atoms with Crippen LogP contribution in [0.25, 0.3) is 0 Å². The molecule has 2 amide bonds. The fraction of sp³-hybridized carbons (Fsp3) is 0.842. The summed E-state index contributed by atoms with van der Waals surface area (Å²) in [6.07, 6.45) is 11.2. The van der Waals surface area contributed by atoms with Crippen LogP contribution in [0.2, 0.25) is 0 Å². The topological polar surface area (TPSA) is 64.6 Å². The summed E-state index contributed by atoms with van der Waals surface area (Å²) in [7, 11) is 0. The third-order valence-corrected chi connectivity index (χ3v) is 5.45. The summed E-state index contributed by atoms with van der Waals surface area (Å²) in [5.41, 5.74) is 0. The molecule has 2 fully saturated rings. The van der Waals surface area contributed by atoms with E-state index in [4.69, 9.17) is 0 Å². The summed E-state index contributed by atoms with van der Waals surface area (Å²) in [5.74, 6) is 0. The van der Waals surface area contributed by atoms with Gasteiger partial charge in [0, 0.05) is 31.2 Å². The minimum Gasteiger partial charge on any atom is -0.391 e. The Balaban J connectivity index is 1.65. The van der Waals surface area contributed by atoms with Crippen LogP contribution in [0.15, 0.2) is 12.7 Å². The zero-order chi connectivity index (χ0) is 17.4. The van der Waals surface area contributed by atoms with E-state index in [9.17, 15) is 9.90 Å². The summed E-state index contributed by atoms with van der Waals surface area (Å²) in [6, 6.07) is 0.737. The zero-order valence-electron chi connectivity index (χ0n) is 15.2. The summed E-state index contributed by atoms with van der Waals surface area (Å²) in [6.45, 7) is 7.72. The molecule has 24 heavy (non-hydrogen) atoms. The van der Waals surface area contributed by atoms with Crippen LogP contribution in [0.1, 0.15) is 64.7 Å². The van der Waals surface area contributed by atoms with Gasteiger partial charge >= 0.3 is 6.03 Å². The Morgan fingerprint density at radius 3 is 2.67 bits per heavy atom. The van der Waals surface area contributed by atoms with Crippen molar-refractivity contribution < 1.29 is 9.90 Å². The number of carbonyl (C=O) groups excluding carboxylic acids is 1. The average molecular weight is 338 g/mol. The molecule has 1 saturated carbocycles. The highest BCUT2D eigenvalue weighted by molar-refractivity contribution is 5.74. The second-order valence-electron chi connectivity index (χ2n) is 7.47. The Kier molecular flexibility index (Phi) is 8.06. The summed E-state index contributed by atoms with van der Waals surface area (Å²) in [5, 5.41) is 16.3. The SMILES string of the molecule is C=CCCCC(C)NC(=O)NC1CCN(C2CCCCC2O)CC1. The van der Waals surface area contributed by atoms with Crippen molar-refractivity contribution >= 4 is 6.03 Å². The third kappa shape index (κ3) is 6.10. The Bertz CT molecular complexity index is 394.